The summed E-state index contributed by atoms with van der Waals surface area (Å²) in [6, 6.07) is -0.642. The quantitative estimate of drug-likeness (QED) is 0.531. The molecule has 0 saturated carbocycles. The van der Waals surface area contributed by atoms with Crippen LogP contribution in [0.1, 0.15) is 81.6 Å². The highest BCUT2D eigenvalue weighted by Crippen LogP contribution is 2.36. The average molecular weight is 517 g/mol. The molecule has 2 amide bonds. The van der Waals surface area contributed by atoms with E-state index >= 15 is 0 Å². The molecular weight excluding hydrogens is 473 g/mol. The van der Waals surface area contributed by atoms with Crippen molar-refractivity contribution in [1.82, 2.24) is 20.6 Å². The van der Waals surface area contributed by atoms with Crippen LogP contribution in [0.2, 0.25) is 0 Å². The smallest absolute Gasteiger partial charge is 0.444 e. The van der Waals surface area contributed by atoms with Crippen molar-refractivity contribution in [1.29, 1.82) is 0 Å². The van der Waals surface area contributed by atoms with E-state index in [4.69, 9.17) is 14.0 Å². The molecule has 0 radical (unpaired) electrons. The summed E-state index contributed by atoms with van der Waals surface area (Å²) in [6.45, 7) is 18.5. The fourth-order valence-electron chi connectivity index (χ4n) is 4.35. The van der Waals surface area contributed by atoms with Crippen molar-refractivity contribution >= 4 is 30.5 Å². The summed E-state index contributed by atoms with van der Waals surface area (Å²) in [4.78, 5) is 36.7. The molecule has 2 aliphatic rings. The Labute approximate surface area is 221 Å². The summed E-state index contributed by atoms with van der Waals surface area (Å²) in [5.74, 6) is 0.288. The van der Waals surface area contributed by atoms with Gasteiger partial charge >= 0.3 is 13.2 Å². The SMILES string of the molecule is CC(C)[C@H](NC(=O)OC(C)(C)C)C(=O)NC[C@@H]1CCCCN1c1ncc(B2OC(C)(C)C(C)(C)O2)cn1. The molecule has 3 rings (SSSR count). The van der Waals surface area contributed by atoms with Crippen LogP contribution in [0.25, 0.3) is 0 Å². The monoisotopic (exact) mass is 517 g/mol. The van der Waals surface area contributed by atoms with Crippen LogP contribution in [0.5, 0.6) is 0 Å². The number of alkyl carbamates (subject to hydrolysis) is 1. The first kappa shape index (κ1) is 29.2. The molecule has 1 aromatic heterocycles. The van der Waals surface area contributed by atoms with Crippen molar-refractivity contribution in [3.05, 3.63) is 12.4 Å². The van der Waals surface area contributed by atoms with Crippen LogP contribution < -0.4 is 21.0 Å². The third kappa shape index (κ3) is 7.34. The number of rotatable bonds is 7. The maximum absolute atomic E-state index is 13.0. The van der Waals surface area contributed by atoms with E-state index in [1.54, 1.807) is 33.2 Å². The number of hydrogen-bond acceptors (Lipinski definition) is 8. The van der Waals surface area contributed by atoms with Crippen molar-refractivity contribution < 1.29 is 23.6 Å². The van der Waals surface area contributed by atoms with Crippen LogP contribution in [-0.2, 0) is 18.8 Å². The van der Waals surface area contributed by atoms with Gasteiger partial charge in [0.05, 0.1) is 11.2 Å². The minimum atomic E-state index is -0.692. The summed E-state index contributed by atoms with van der Waals surface area (Å²) in [7, 11) is -0.513. The molecule has 206 valence electrons. The van der Waals surface area contributed by atoms with Crippen LogP contribution in [0.15, 0.2) is 12.4 Å². The Hall–Kier alpha value is -2.40. The average Bonchev–Trinajstić information content (AvgIpc) is 3.01. The molecule has 2 N–H and O–H groups in total. The molecule has 2 saturated heterocycles. The molecule has 11 heteroatoms. The molecule has 10 nitrogen and oxygen atoms in total. The number of aromatic nitrogens is 2. The lowest BCUT2D eigenvalue weighted by Gasteiger charge is -2.36. The Balaban J connectivity index is 1.63. The van der Waals surface area contributed by atoms with E-state index < -0.39 is 36.1 Å². The predicted molar refractivity (Wildman–Crippen MR) is 144 cm³/mol. The predicted octanol–water partition coefficient (Wildman–Crippen LogP) is 2.80. The molecule has 3 heterocycles. The van der Waals surface area contributed by atoms with Crippen LogP contribution in [-0.4, -0.2) is 71.1 Å². The number of ether oxygens (including phenoxy) is 1. The zero-order valence-corrected chi connectivity index (χ0v) is 23.9. The normalized spacial score (nSPS) is 22.1. The van der Waals surface area contributed by atoms with E-state index in [1.807, 2.05) is 41.5 Å². The fraction of sp³-hybridized carbons (Fsp3) is 0.769. The van der Waals surface area contributed by atoms with Gasteiger partial charge in [-0.2, -0.15) is 0 Å². The van der Waals surface area contributed by atoms with Gasteiger partial charge in [-0.25, -0.2) is 14.8 Å². The second kappa shape index (κ2) is 11.1. The van der Waals surface area contributed by atoms with E-state index in [0.29, 0.717) is 12.5 Å². The number of anilines is 1. The van der Waals surface area contributed by atoms with Gasteiger partial charge in [0.2, 0.25) is 11.9 Å². The largest absolute Gasteiger partial charge is 0.498 e. The lowest BCUT2D eigenvalue weighted by Crippen LogP contribution is -2.54. The number of amides is 2. The molecule has 37 heavy (non-hydrogen) atoms. The second-order valence-electron chi connectivity index (χ2n) is 12.4. The molecule has 2 aliphatic heterocycles. The van der Waals surface area contributed by atoms with Crippen LogP contribution in [0.4, 0.5) is 10.7 Å². The zero-order chi connectivity index (χ0) is 27.6. The van der Waals surface area contributed by atoms with Gasteiger partial charge in [0, 0.05) is 37.0 Å². The third-order valence-electron chi connectivity index (χ3n) is 7.20. The van der Waals surface area contributed by atoms with E-state index in [1.165, 1.54) is 0 Å². The van der Waals surface area contributed by atoms with Gasteiger partial charge in [-0.05, 0) is 73.6 Å². The Morgan fingerprint density at radius 3 is 2.27 bits per heavy atom. The maximum atomic E-state index is 13.0. The van der Waals surface area contributed by atoms with Gasteiger partial charge < -0.3 is 29.6 Å². The number of hydrogen-bond donors (Lipinski definition) is 2. The van der Waals surface area contributed by atoms with Gasteiger partial charge in [0.1, 0.15) is 11.6 Å². The molecule has 0 spiro atoms. The fourth-order valence-corrected chi connectivity index (χ4v) is 4.35. The highest BCUT2D eigenvalue weighted by atomic mass is 16.7. The summed E-state index contributed by atoms with van der Waals surface area (Å²) >= 11 is 0. The second-order valence-corrected chi connectivity index (χ2v) is 12.4. The lowest BCUT2D eigenvalue weighted by atomic mass is 9.81. The lowest BCUT2D eigenvalue weighted by molar-refractivity contribution is -0.124. The number of piperidine rings is 1. The first-order valence-electron chi connectivity index (χ1n) is 13.3. The van der Waals surface area contributed by atoms with Gasteiger partial charge in [-0.1, -0.05) is 13.8 Å². The van der Waals surface area contributed by atoms with Crippen molar-refractivity contribution in [3.63, 3.8) is 0 Å². The highest BCUT2D eigenvalue weighted by Gasteiger charge is 2.52. The Morgan fingerprint density at radius 1 is 1.14 bits per heavy atom. The summed E-state index contributed by atoms with van der Waals surface area (Å²) < 4.78 is 17.6. The molecule has 0 bridgehead atoms. The van der Waals surface area contributed by atoms with Crippen LogP contribution >= 0.6 is 0 Å². The van der Waals surface area contributed by atoms with Crippen molar-refractivity contribution in [2.24, 2.45) is 5.92 Å². The number of carbonyl (C=O) groups excluding carboxylic acids is 2. The Kier molecular flexibility index (Phi) is 8.79. The van der Waals surface area contributed by atoms with Gasteiger partial charge in [0.25, 0.3) is 0 Å². The molecule has 0 aliphatic carbocycles. The molecule has 1 aromatic rings. The maximum Gasteiger partial charge on any atom is 0.498 e. The van der Waals surface area contributed by atoms with E-state index in [0.717, 1.165) is 31.3 Å². The van der Waals surface area contributed by atoms with E-state index in [2.05, 4.69) is 25.5 Å². The number of nitrogens with zero attached hydrogens (tertiary/aromatic N) is 3. The standard InChI is InChI=1S/C26H44BN5O5/c1-17(2)20(31-23(34)35-24(3,4)5)21(33)28-16-19-12-10-11-13-32(19)22-29-14-18(15-30-22)27-36-25(6,7)26(8,9)37-27/h14-15,17,19-20H,10-13,16H2,1-9H3,(H,28,33)(H,31,34)/t19-,20-/m0/s1. The minimum Gasteiger partial charge on any atom is -0.444 e. The van der Waals surface area contributed by atoms with Crippen molar-refractivity contribution in [3.8, 4) is 0 Å². The number of nitrogens with one attached hydrogen (secondary N) is 2. The van der Waals surface area contributed by atoms with Crippen molar-refractivity contribution in [2.45, 2.75) is 110 Å². The van der Waals surface area contributed by atoms with Crippen LogP contribution in [0.3, 0.4) is 0 Å². The van der Waals surface area contributed by atoms with E-state index in [-0.39, 0.29) is 17.9 Å². The third-order valence-corrected chi connectivity index (χ3v) is 7.20. The topological polar surface area (TPSA) is 115 Å². The van der Waals surface area contributed by atoms with Gasteiger partial charge in [-0.15, -0.1) is 0 Å². The molecule has 2 fully saturated rings. The molecule has 0 aromatic carbocycles. The molecular formula is C26H44BN5O5. The Morgan fingerprint density at radius 2 is 1.73 bits per heavy atom. The first-order valence-corrected chi connectivity index (χ1v) is 13.3. The highest BCUT2D eigenvalue weighted by molar-refractivity contribution is 6.61. The minimum absolute atomic E-state index is 0.0507. The van der Waals surface area contributed by atoms with Crippen LogP contribution in [0, 0.1) is 5.92 Å². The van der Waals surface area contributed by atoms with E-state index in [9.17, 15) is 9.59 Å². The summed E-state index contributed by atoms with van der Waals surface area (Å²) in [5.41, 5.74) is -0.725. The number of carbonyl (C=O) groups is 2. The van der Waals surface area contributed by atoms with Gasteiger partial charge in [0.15, 0.2) is 0 Å². The Bertz CT molecular complexity index is 932. The first-order chi connectivity index (χ1) is 17.1. The van der Waals surface area contributed by atoms with Gasteiger partial charge in [-0.3, -0.25) is 4.79 Å². The zero-order valence-electron chi connectivity index (χ0n) is 23.9. The van der Waals surface area contributed by atoms with Crippen molar-refractivity contribution in [2.75, 3.05) is 18.0 Å². The summed E-state index contributed by atoms with van der Waals surface area (Å²) in [6.07, 6.45) is 5.92. The summed E-state index contributed by atoms with van der Waals surface area (Å²) in [5, 5.41) is 5.74. The molecule has 2 atom stereocenters. The molecule has 0 unspecified atom stereocenters.